The van der Waals surface area contributed by atoms with Gasteiger partial charge in [0.25, 0.3) is 0 Å². The van der Waals surface area contributed by atoms with Gasteiger partial charge in [-0.3, -0.25) is 9.69 Å². The number of nitrogens with zero attached hydrogens (tertiary/aromatic N) is 3. The number of carbonyl (C=O) groups excluding carboxylic acids is 1. The third kappa shape index (κ3) is 4.63. The van der Waals surface area contributed by atoms with Crippen molar-refractivity contribution in [1.82, 2.24) is 9.88 Å². The van der Waals surface area contributed by atoms with E-state index in [9.17, 15) is 9.18 Å². The van der Waals surface area contributed by atoms with Crippen molar-refractivity contribution >= 4 is 22.3 Å². The minimum Gasteiger partial charge on any atom is -0.497 e. The van der Waals surface area contributed by atoms with Crippen LogP contribution in [0, 0.1) is 5.82 Å². The number of hydrogen-bond donors (Lipinski definition) is 0. The summed E-state index contributed by atoms with van der Waals surface area (Å²) in [6.45, 7) is 3.69. The van der Waals surface area contributed by atoms with Crippen LogP contribution in [0.3, 0.4) is 0 Å². The van der Waals surface area contributed by atoms with E-state index >= 15 is 0 Å². The zero-order valence-corrected chi connectivity index (χ0v) is 17.0. The monoisotopic (exact) mass is 411 g/mol. The molecule has 2 aromatic carbocycles. The van der Waals surface area contributed by atoms with Crippen molar-refractivity contribution in [2.24, 2.45) is 0 Å². The Bertz CT molecular complexity index is 964. The maximum absolute atomic E-state index is 13.1. The summed E-state index contributed by atoms with van der Waals surface area (Å²) in [4.78, 5) is 21.6. The summed E-state index contributed by atoms with van der Waals surface area (Å²) in [6, 6.07) is 13.6. The average Bonchev–Trinajstić information content (AvgIpc) is 3.25. The Hall–Kier alpha value is -2.77. The van der Waals surface area contributed by atoms with E-state index in [1.54, 1.807) is 30.6 Å². The van der Waals surface area contributed by atoms with Crippen molar-refractivity contribution in [3.05, 3.63) is 65.3 Å². The van der Waals surface area contributed by atoms with Crippen molar-refractivity contribution in [2.75, 3.05) is 44.7 Å². The quantitative estimate of drug-likeness (QED) is 0.575. The Balaban J connectivity index is 1.32. The summed E-state index contributed by atoms with van der Waals surface area (Å²) in [7, 11) is 1.61. The summed E-state index contributed by atoms with van der Waals surface area (Å²) in [5.74, 6) is 0.622. The second-order valence-corrected chi connectivity index (χ2v) is 7.77. The molecule has 5 nitrogen and oxygen atoms in total. The van der Waals surface area contributed by atoms with Gasteiger partial charge in [0.15, 0.2) is 10.9 Å². The molecule has 0 unspecified atom stereocenters. The van der Waals surface area contributed by atoms with Gasteiger partial charge in [0, 0.05) is 42.7 Å². The molecule has 4 rings (SSSR count). The molecule has 150 valence electrons. The highest BCUT2D eigenvalue weighted by Crippen LogP contribution is 2.28. The van der Waals surface area contributed by atoms with Crippen LogP contribution in [0.4, 0.5) is 9.52 Å². The Labute approximate surface area is 173 Å². The molecule has 0 N–H and O–H groups in total. The highest BCUT2D eigenvalue weighted by molar-refractivity contribution is 7.14. The van der Waals surface area contributed by atoms with Crippen molar-refractivity contribution in [1.29, 1.82) is 0 Å². The maximum Gasteiger partial charge on any atom is 0.185 e. The van der Waals surface area contributed by atoms with E-state index in [2.05, 4.69) is 9.80 Å². The molecule has 0 amide bonds. The molecule has 2 heterocycles. The molecule has 1 aliphatic heterocycles. The highest BCUT2D eigenvalue weighted by atomic mass is 32.1. The molecular weight excluding hydrogens is 389 g/mol. The predicted molar refractivity (Wildman–Crippen MR) is 113 cm³/mol. The standard InChI is InChI=1S/C22H22FN3O2S/c1-28-19-8-4-17(5-9-19)21(27)14-25-10-12-26(13-11-25)22-24-20(15-29-22)16-2-6-18(23)7-3-16/h2-9,15H,10-14H2,1H3. The summed E-state index contributed by atoms with van der Waals surface area (Å²) < 4.78 is 18.2. The van der Waals surface area contributed by atoms with Gasteiger partial charge in [-0.1, -0.05) is 0 Å². The van der Waals surface area contributed by atoms with Crippen LogP contribution in [0.1, 0.15) is 10.4 Å². The zero-order chi connectivity index (χ0) is 20.2. The van der Waals surface area contributed by atoms with Crippen LogP contribution in [-0.4, -0.2) is 55.5 Å². The van der Waals surface area contributed by atoms with E-state index in [1.165, 1.54) is 12.1 Å². The number of methoxy groups -OCH3 is 1. The third-order valence-corrected chi connectivity index (χ3v) is 5.96. The van der Waals surface area contributed by atoms with Gasteiger partial charge in [-0.2, -0.15) is 0 Å². The third-order valence-electron chi connectivity index (χ3n) is 5.05. The number of ketones is 1. The van der Waals surface area contributed by atoms with Crippen LogP contribution < -0.4 is 9.64 Å². The fourth-order valence-corrected chi connectivity index (χ4v) is 4.22. The van der Waals surface area contributed by atoms with Crippen LogP contribution in [-0.2, 0) is 0 Å². The van der Waals surface area contributed by atoms with Crippen LogP contribution >= 0.6 is 11.3 Å². The lowest BCUT2D eigenvalue weighted by Gasteiger charge is -2.34. The molecule has 7 heteroatoms. The number of aromatic nitrogens is 1. The Morgan fingerprint density at radius 2 is 1.76 bits per heavy atom. The van der Waals surface area contributed by atoms with Crippen molar-refractivity contribution in [2.45, 2.75) is 0 Å². The topological polar surface area (TPSA) is 45.7 Å². The van der Waals surface area contributed by atoms with Crippen LogP contribution in [0.2, 0.25) is 0 Å². The Morgan fingerprint density at radius 3 is 2.41 bits per heavy atom. The number of ether oxygens (including phenoxy) is 1. The molecule has 0 bridgehead atoms. The van der Waals surface area contributed by atoms with E-state index in [4.69, 9.17) is 9.72 Å². The van der Waals surface area contributed by atoms with E-state index in [0.717, 1.165) is 48.3 Å². The molecule has 1 saturated heterocycles. The Kier molecular flexibility index (Phi) is 5.87. The van der Waals surface area contributed by atoms with Crippen molar-refractivity contribution in [3.63, 3.8) is 0 Å². The van der Waals surface area contributed by atoms with Gasteiger partial charge >= 0.3 is 0 Å². The van der Waals surface area contributed by atoms with Gasteiger partial charge in [0.05, 0.1) is 19.3 Å². The fraction of sp³-hybridized carbons (Fsp3) is 0.273. The number of halogens is 1. The first-order chi connectivity index (χ1) is 14.1. The van der Waals surface area contributed by atoms with Gasteiger partial charge in [-0.05, 0) is 48.5 Å². The normalized spacial score (nSPS) is 14.8. The summed E-state index contributed by atoms with van der Waals surface area (Å²) in [5, 5.41) is 2.97. The fourth-order valence-electron chi connectivity index (χ4n) is 3.33. The molecule has 1 aromatic heterocycles. The van der Waals surface area contributed by atoms with E-state index < -0.39 is 0 Å². The number of rotatable bonds is 6. The second-order valence-electron chi connectivity index (χ2n) is 6.94. The number of Topliss-reactive ketones (excluding diaryl/α,β-unsaturated/α-hetero) is 1. The molecule has 0 aliphatic carbocycles. The highest BCUT2D eigenvalue weighted by Gasteiger charge is 2.21. The van der Waals surface area contributed by atoms with Crippen LogP contribution in [0.5, 0.6) is 5.75 Å². The smallest absolute Gasteiger partial charge is 0.185 e. The van der Waals surface area contributed by atoms with E-state index in [1.807, 2.05) is 29.6 Å². The number of anilines is 1. The maximum atomic E-state index is 13.1. The Morgan fingerprint density at radius 1 is 1.07 bits per heavy atom. The average molecular weight is 412 g/mol. The number of benzene rings is 2. The summed E-state index contributed by atoms with van der Waals surface area (Å²) >= 11 is 1.59. The number of carbonyl (C=O) groups is 1. The van der Waals surface area contributed by atoms with Gasteiger partial charge in [0.1, 0.15) is 11.6 Å². The zero-order valence-electron chi connectivity index (χ0n) is 16.2. The van der Waals surface area contributed by atoms with E-state index in [0.29, 0.717) is 12.1 Å². The van der Waals surface area contributed by atoms with Gasteiger partial charge in [-0.15, -0.1) is 11.3 Å². The summed E-state index contributed by atoms with van der Waals surface area (Å²) in [6.07, 6.45) is 0. The minimum absolute atomic E-state index is 0.119. The lowest BCUT2D eigenvalue weighted by Crippen LogP contribution is -2.48. The SMILES string of the molecule is COc1ccc(C(=O)CN2CCN(c3nc(-c4ccc(F)cc4)cs3)CC2)cc1. The first-order valence-electron chi connectivity index (χ1n) is 9.48. The molecule has 0 atom stereocenters. The van der Waals surface area contributed by atoms with Crippen molar-refractivity contribution < 1.29 is 13.9 Å². The lowest BCUT2D eigenvalue weighted by atomic mass is 10.1. The van der Waals surface area contributed by atoms with E-state index in [-0.39, 0.29) is 11.6 Å². The molecule has 0 saturated carbocycles. The van der Waals surface area contributed by atoms with Gasteiger partial charge in [-0.25, -0.2) is 9.37 Å². The van der Waals surface area contributed by atoms with Crippen molar-refractivity contribution in [3.8, 4) is 17.0 Å². The number of piperazine rings is 1. The molecule has 0 radical (unpaired) electrons. The lowest BCUT2D eigenvalue weighted by molar-refractivity contribution is 0.0926. The largest absolute Gasteiger partial charge is 0.497 e. The minimum atomic E-state index is -0.246. The predicted octanol–water partition coefficient (Wildman–Crippen LogP) is 3.96. The first kappa shape index (κ1) is 19.5. The number of hydrogen-bond acceptors (Lipinski definition) is 6. The number of thiazole rings is 1. The summed E-state index contributed by atoms with van der Waals surface area (Å²) in [5.41, 5.74) is 2.48. The molecule has 3 aromatic rings. The molecule has 1 fully saturated rings. The molecular formula is C22H22FN3O2S. The van der Waals surface area contributed by atoms with Gasteiger partial charge < -0.3 is 9.64 Å². The molecule has 0 spiro atoms. The first-order valence-corrected chi connectivity index (χ1v) is 10.4. The second kappa shape index (κ2) is 8.71. The van der Waals surface area contributed by atoms with Crippen LogP contribution in [0.25, 0.3) is 11.3 Å². The van der Waals surface area contributed by atoms with Gasteiger partial charge in [0.2, 0.25) is 0 Å². The molecule has 29 heavy (non-hydrogen) atoms. The van der Waals surface area contributed by atoms with Crippen LogP contribution in [0.15, 0.2) is 53.9 Å². The molecule has 1 aliphatic rings.